The number of nitrogens with one attached hydrogen (secondary N) is 2. The van der Waals surface area contributed by atoms with E-state index in [0.717, 1.165) is 55.5 Å². The number of ether oxygens (including phenoxy) is 1. The molecule has 0 unspecified atom stereocenters. The van der Waals surface area contributed by atoms with Crippen molar-refractivity contribution in [2.45, 2.75) is 25.4 Å². The summed E-state index contributed by atoms with van der Waals surface area (Å²) < 4.78 is 45.0. The first-order chi connectivity index (χ1) is 17.9. The summed E-state index contributed by atoms with van der Waals surface area (Å²) in [5.41, 5.74) is 2.50. The maximum Gasteiger partial charge on any atom is 0.419 e. The zero-order valence-electron chi connectivity index (χ0n) is 21.0. The van der Waals surface area contributed by atoms with Crippen molar-refractivity contribution in [2.75, 3.05) is 50.6 Å². The molecule has 1 aliphatic heterocycles. The predicted molar refractivity (Wildman–Crippen MR) is 138 cm³/mol. The molecular weight excluding hydrogens is 483 g/mol. The summed E-state index contributed by atoms with van der Waals surface area (Å²) in [6.07, 6.45) is -2.30. The van der Waals surface area contributed by atoms with Crippen LogP contribution in [0.15, 0.2) is 54.7 Å². The number of aromatic nitrogens is 2. The number of halogens is 3. The molecule has 10 heteroatoms. The SMILES string of the molecule is COC.O=CCc1ccccc1CCc1nc(Nc2ccc(N3CCNCC3)cc2)ncc1C(F)(F)F. The fraction of sp³-hybridized carbons (Fsp3) is 0.370. The third kappa shape index (κ3) is 8.26. The molecule has 0 atom stereocenters. The standard InChI is InChI=1S/C25H26F3N5O.C2H6O/c26-25(27,28)22-17-30-24(31-20-6-8-21(9-7-20)33-14-12-29-13-15-33)32-23(22)10-5-18-3-1-2-4-19(18)11-16-34;1-3-2/h1-4,6-9,16-17,29H,5,10-15H2,(H,30,31,32);1-2H3. The van der Waals surface area contributed by atoms with Gasteiger partial charge in [0, 0.05) is 64.4 Å². The fourth-order valence-electron chi connectivity index (χ4n) is 4.06. The molecule has 1 saturated heterocycles. The lowest BCUT2D eigenvalue weighted by atomic mass is 9.99. The number of benzene rings is 2. The van der Waals surface area contributed by atoms with Gasteiger partial charge in [0.2, 0.25) is 5.95 Å². The summed E-state index contributed by atoms with van der Waals surface area (Å²) in [6.45, 7) is 3.71. The topological polar surface area (TPSA) is 79.4 Å². The number of piperazine rings is 1. The number of hydrogen-bond acceptors (Lipinski definition) is 7. The molecule has 0 bridgehead atoms. The van der Waals surface area contributed by atoms with Gasteiger partial charge in [0.25, 0.3) is 0 Å². The van der Waals surface area contributed by atoms with E-state index in [1.165, 1.54) is 0 Å². The highest BCUT2D eigenvalue weighted by molar-refractivity contribution is 5.60. The number of methoxy groups -OCH3 is 1. The molecule has 2 aromatic carbocycles. The Bertz CT molecular complexity index is 1130. The van der Waals surface area contributed by atoms with Gasteiger partial charge in [0.05, 0.1) is 11.3 Å². The molecule has 0 saturated carbocycles. The minimum absolute atomic E-state index is 0.0733. The Hall–Kier alpha value is -3.50. The Kier molecular flexibility index (Phi) is 10.4. The molecular formula is C27H32F3N5O2. The van der Waals surface area contributed by atoms with E-state index in [4.69, 9.17) is 0 Å². The van der Waals surface area contributed by atoms with Crippen molar-refractivity contribution in [3.8, 4) is 0 Å². The number of anilines is 3. The molecule has 0 radical (unpaired) electrons. The number of aldehydes is 1. The highest BCUT2D eigenvalue weighted by Gasteiger charge is 2.34. The van der Waals surface area contributed by atoms with Crippen LogP contribution in [-0.4, -0.2) is 56.7 Å². The first-order valence-corrected chi connectivity index (χ1v) is 12.0. The number of aryl methyl sites for hydroxylation is 2. The van der Waals surface area contributed by atoms with Crippen LogP contribution in [0.2, 0.25) is 0 Å². The molecule has 0 spiro atoms. The number of alkyl halides is 3. The van der Waals surface area contributed by atoms with Crippen molar-refractivity contribution in [1.82, 2.24) is 15.3 Å². The van der Waals surface area contributed by atoms with Gasteiger partial charge in [0.1, 0.15) is 6.29 Å². The van der Waals surface area contributed by atoms with Crippen LogP contribution in [0.25, 0.3) is 0 Å². The maximum absolute atomic E-state index is 13.6. The number of nitrogens with zero attached hydrogens (tertiary/aromatic N) is 3. The molecule has 4 rings (SSSR count). The maximum atomic E-state index is 13.6. The van der Waals surface area contributed by atoms with Gasteiger partial charge >= 0.3 is 6.18 Å². The van der Waals surface area contributed by atoms with Gasteiger partial charge < -0.3 is 25.1 Å². The van der Waals surface area contributed by atoms with Crippen LogP contribution < -0.4 is 15.5 Å². The number of carbonyl (C=O) groups excluding carboxylic acids is 1. The van der Waals surface area contributed by atoms with Gasteiger partial charge in [-0.1, -0.05) is 24.3 Å². The van der Waals surface area contributed by atoms with E-state index < -0.39 is 11.7 Å². The molecule has 37 heavy (non-hydrogen) atoms. The van der Waals surface area contributed by atoms with Crippen LogP contribution in [0.3, 0.4) is 0 Å². The van der Waals surface area contributed by atoms with Gasteiger partial charge in [0.15, 0.2) is 0 Å². The van der Waals surface area contributed by atoms with Crippen LogP contribution in [0.4, 0.5) is 30.5 Å². The Balaban J connectivity index is 0.00000121. The van der Waals surface area contributed by atoms with E-state index in [-0.39, 0.29) is 24.5 Å². The van der Waals surface area contributed by atoms with Gasteiger partial charge in [-0.2, -0.15) is 13.2 Å². The smallest absolute Gasteiger partial charge is 0.388 e. The summed E-state index contributed by atoms with van der Waals surface area (Å²) in [6, 6.07) is 14.9. The van der Waals surface area contributed by atoms with Crippen LogP contribution in [-0.2, 0) is 35.0 Å². The number of hydrogen-bond donors (Lipinski definition) is 2. The third-order valence-corrected chi connectivity index (χ3v) is 5.83. The van der Waals surface area contributed by atoms with Crippen molar-refractivity contribution in [3.05, 3.63) is 77.1 Å². The van der Waals surface area contributed by atoms with Crippen molar-refractivity contribution >= 4 is 23.6 Å². The second-order valence-electron chi connectivity index (χ2n) is 8.51. The minimum atomic E-state index is -4.55. The lowest BCUT2D eigenvalue weighted by Gasteiger charge is -2.29. The average Bonchev–Trinajstić information content (AvgIpc) is 2.89. The fourth-order valence-corrected chi connectivity index (χ4v) is 4.06. The first-order valence-electron chi connectivity index (χ1n) is 12.0. The Morgan fingerprint density at radius 3 is 2.30 bits per heavy atom. The largest absolute Gasteiger partial charge is 0.419 e. The van der Waals surface area contributed by atoms with Crippen LogP contribution in [0.1, 0.15) is 22.4 Å². The number of rotatable bonds is 8. The zero-order valence-corrected chi connectivity index (χ0v) is 21.0. The van der Waals surface area contributed by atoms with Crippen LogP contribution in [0, 0.1) is 0 Å². The van der Waals surface area contributed by atoms with Crippen molar-refractivity contribution in [2.24, 2.45) is 0 Å². The van der Waals surface area contributed by atoms with Crippen LogP contribution in [0.5, 0.6) is 0 Å². The van der Waals surface area contributed by atoms with E-state index in [1.54, 1.807) is 14.2 Å². The summed E-state index contributed by atoms with van der Waals surface area (Å²) >= 11 is 0. The van der Waals surface area contributed by atoms with Crippen molar-refractivity contribution in [1.29, 1.82) is 0 Å². The van der Waals surface area contributed by atoms with Gasteiger partial charge in [-0.15, -0.1) is 0 Å². The first kappa shape index (κ1) is 28.1. The van der Waals surface area contributed by atoms with Crippen molar-refractivity contribution in [3.63, 3.8) is 0 Å². The molecule has 7 nitrogen and oxygen atoms in total. The van der Waals surface area contributed by atoms with E-state index in [9.17, 15) is 18.0 Å². The van der Waals surface area contributed by atoms with E-state index in [0.29, 0.717) is 12.1 Å². The lowest BCUT2D eigenvalue weighted by molar-refractivity contribution is -0.138. The normalized spacial score (nSPS) is 13.5. The summed E-state index contributed by atoms with van der Waals surface area (Å²) in [7, 11) is 3.25. The Labute approximate surface area is 215 Å². The lowest BCUT2D eigenvalue weighted by Crippen LogP contribution is -2.43. The molecule has 1 aliphatic rings. The van der Waals surface area contributed by atoms with Crippen molar-refractivity contribution < 1.29 is 22.7 Å². The highest BCUT2D eigenvalue weighted by atomic mass is 19.4. The molecule has 0 amide bonds. The van der Waals surface area contributed by atoms with Gasteiger partial charge in [-0.05, 0) is 48.2 Å². The summed E-state index contributed by atoms with van der Waals surface area (Å²) in [5, 5.41) is 6.33. The van der Waals surface area contributed by atoms with Crippen LogP contribution >= 0.6 is 0 Å². The molecule has 2 N–H and O–H groups in total. The molecule has 0 aliphatic carbocycles. The minimum Gasteiger partial charge on any atom is -0.388 e. The second kappa shape index (κ2) is 13.7. The van der Waals surface area contributed by atoms with Gasteiger partial charge in [-0.3, -0.25) is 0 Å². The molecule has 1 aromatic heterocycles. The third-order valence-electron chi connectivity index (χ3n) is 5.83. The Morgan fingerprint density at radius 1 is 1.03 bits per heavy atom. The monoisotopic (exact) mass is 515 g/mol. The Morgan fingerprint density at radius 2 is 1.68 bits per heavy atom. The molecule has 2 heterocycles. The summed E-state index contributed by atoms with van der Waals surface area (Å²) in [4.78, 5) is 21.3. The quantitative estimate of drug-likeness (QED) is 0.430. The zero-order chi connectivity index (χ0) is 26.7. The average molecular weight is 516 g/mol. The second-order valence-corrected chi connectivity index (χ2v) is 8.51. The van der Waals surface area contributed by atoms with E-state index >= 15 is 0 Å². The predicted octanol–water partition coefficient (Wildman–Crippen LogP) is 4.44. The van der Waals surface area contributed by atoms with E-state index in [1.807, 2.05) is 48.5 Å². The van der Waals surface area contributed by atoms with Gasteiger partial charge in [-0.25, -0.2) is 9.97 Å². The molecule has 3 aromatic rings. The summed E-state index contributed by atoms with van der Waals surface area (Å²) in [5.74, 6) is 0.110. The molecule has 198 valence electrons. The molecule has 1 fully saturated rings. The highest BCUT2D eigenvalue weighted by Crippen LogP contribution is 2.32. The van der Waals surface area contributed by atoms with E-state index in [2.05, 4.69) is 30.2 Å². The number of carbonyl (C=O) groups is 1.